The highest BCUT2D eigenvalue weighted by atomic mass is 16.4. The summed E-state index contributed by atoms with van der Waals surface area (Å²) in [5.41, 5.74) is 1.48. The van der Waals surface area contributed by atoms with Gasteiger partial charge in [-0.1, -0.05) is 12.1 Å². The van der Waals surface area contributed by atoms with E-state index in [-0.39, 0.29) is 23.6 Å². The average Bonchev–Trinajstić information content (AvgIpc) is 2.36. The highest BCUT2D eigenvalue weighted by Crippen LogP contribution is 2.18. The Kier molecular flexibility index (Phi) is 5.51. The van der Waals surface area contributed by atoms with Gasteiger partial charge in [0.2, 0.25) is 0 Å². The van der Waals surface area contributed by atoms with Gasteiger partial charge in [0, 0.05) is 13.2 Å². The summed E-state index contributed by atoms with van der Waals surface area (Å²) in [5.74, 6) is -1.47. The number of unbranched alkanes of at least 4 members (excludes halogenated alkanes) is 1. The molecule has 1 aromatic rings. The van der Waals surface area contributed by atoms with Crippen LogP contribution in [0, 0.1) is 13.8 Å². The third kappa shape index (κ3) is 3.79. The van der Waals surface area contributed by atoms with E-state index in [1.807, 2.05) is 0 Å². The van der Waals surface area contributed by atoms with Gasteiger partial charge in [-0.3, -0.25) is 4.79 Å². The van der Waals surface area contributed by atoms with Crippen LogP contribution in [0.3, 0.4) is 0 Å². The lowest BCUT2D eigenvalue weighted by Gasteiger charge is -2.12. The van der Waals surface area contributed by atoms with Crippen LogP contribution in [-0.4, -0.2) is 35.2 Å². The van der Waals surface area contributed by atoms with Crippen molar-refractivity contribution in [2.75, 3.05) is 13.2 Å². The van der Waals surface area contributed by atoms with Crippen molar-refractivity contribution in [2.24, 2.45) is 0 Å². The van der Waals surface area contributed by atoms with Crippen molar-refractivity contribution in [1.82, 2.24) is 5.32 Å². The molecule has 1 rings (SSSR count). The summed E-state index contributed by atoms with van der Waals surface area (Å²) in [6, 6.07) is 3.44. The Balaban J connectivity index is 2.95. The predicted molar refractivity (Wildman–Crippen MR) is 71.5 cm³/mol. The van der Waals surface area contributed by atoms with E-state index in [9.17, 15) is 14.7 Å². The number of carbonyl (C=O) groups excluding carboxylic acids is 1. The molecular formula is C14H19NO4. The Bertz CT molecular complexity index is 483. The first kappa shape index (κ1) is 15.2. The van der Waals surface area contributed by atoms with Crippen molar-refractivity contribution in [3.63, 3.8) is 0 Å². The maximum Gasteiger partial charge on any atom is 0.336 e. The topological polar surface area (TPSA) is 86.6 Å². The van der Waals surface area contributed by atoms with Crippen LogP contribution in [0.1, 0.15) is 44.7 Å². The summed E-state index contributed by atoms with van der Waals surface area (Å²) in [5, 5.41) is 20.6. The fraction of sp³-hybridized carbons (Fsp3) is 0.429. The number of aliphatic hydroxyl groups excluding tert-OH is 1. The molecule has 0 bridgehead atoms. The van der Waals surface area contributed by atoms with Crippen molar-refractivity contribution in [1.29, 1.82) is 0 Å². The molecule has 0 aromatic heterocycles. The average molecular weight is 265 g/mol. The molecule has 0 saturated heterocycles. The lowest BCUT2D eigenvalue weighted by molar-refractivity contribution is 0.0690. The molecule has 0 aliphatic rings. The van der Waals surface area contributed by atoms with E-state index in [4.69, 9.17) is 5.11 Å². The zero-order valence-corrected chi connectivity index (χ0v) is 11.2. The van der Waals surface area contributed by atoms with Gasteiger partial charge in [-0.05, 0) is 37.8 Å². The second-order valence-electron chi connectivity index (χ2n) is 4.44. The number of carbonyl (C=O) groups is 2. The van der Waals surface area contributed by atoms with Crippen LogP contribution in [0.5, 0.6) is 0 Å². The Hall–Kier alpha value is -1.88. The zero-order chi connectivity index (χ0) is 14.4. The molecule has 0 aliphatic heterocycles. The molecule has 0 atom stereocenters. The number of hydrogen-bond acceptors (Lipinski definition) is 3. The number of carboxylic acids is 1. The van der Waals surface area contributed by atoms with E-state index in [1.54, 1.807) is 26.0 Å². The SMILES string of the molecule is Cc1ccc(C)c(C(=O)NCCCCO)c1C(=O)O. The molecule has 1 aromatic carbocycles. The summed E-state index contributed by atoms with van der Waals surface area (Å²) in [6.45, 7) is 3.89. The minimum Gasteiger partial charge on any atom is -0.478 e. The van der Waals surface area contributed by atoms with Crippen LogP contribution in [0.4, 0.5) is 0 Å². The maximum absolute atomic E-state index is 12.1. The lowest BCUT2D eigenvalue weighted by Crippen LogP contribution is -2.27. The summed E-state index contributed by atoms with van der Waals surface area (Å²) in [7, 11) is 0. The van der Waals surface area contributed by atoms with Gasteiger partial charge in [0.15, 0.2) is 0 Å². The van der Waals surface area contributed by atoms with E-state index in [0.29, 0.717) is 30.5 Å². The van der Waals surface area contributed by atoms with Crippen molar-refractivity contribution >= 4 is 11.9 Å². The quantitative estimate of drug-likeness (QED) is 0.680. The highest BCUT2D eigenvalue weighted by molar-refractivity contribution is 6.06. The molecule has 104 valence electrons. The number of aryl methyl sites for hydroxylation is 2. The third-order valence-electron chi connectivity index (χ3n) is 2.93. The second-order valence-corrected chi connectivity index (χ2v) is 4.44. The largest absolute Gasteiger partial charge is 0.478 e. The van der Waals surface area contributed by atoms with Gasteiger partial charge in [0.05, 0.1) is 11.1 Å². The second kappa shape index (κ2) is 6.89. The number of nitrogens with one attached hydrogen (secondary N) is 1. The first-order chi connectivity index (χ1) is 8.99. The van der Waals surface area contributed by atoms with Gasteiger partial charge >= 0.3 is 5.97 Å². The smallest absolute Gasteiger partial charge is 0.336 e. The summed E-state index contributed by atoms with van der Waals surface area (Å²) in [4.78, 5) is 23.3. The molecule has 0 radical (unpaired) electrons. The van der Waals surface area contributed by atoms with Gasteiger partial charge in [-0.2, -0.15) is 0 Å². The Morgan fingerprint density at radius 2 is 1.68 bits per heavy atom. The molecule has 0 fully saturated rings. The van der Waals surface area contributed by atoms with Crippen LogP contribution in [0.25, 0.3) is 0 Å². The summed E-state index contributed by atoms with van der Waals surface area (Å²) < 4.78 is 0. The summed E-state index contributed by atoms with van der Waals surface area (Å²) >= 11 is 0. The number of carboxylic acid groups (broad SMARTS) is 1. The first-order valence-electron chi connectivity index (χ1n) is 6.21. The van der Waals surface area contributed by atoms with E-state index >= 15 is 0 Å². The minimum absolute atomic E-state index is 0.0552. The number of benzene rings is 1. The minimum atomic E-state index is -1.10. The molecule has 3 N–H and O–H groups in total. The van der Waals surface area contributed by atoms with Crippen LogP contribution in [-0.2, 0) is 0 Å². The Labute approximate surface area is 112 Å². The van der Waals surface area contributed by atoms with Gasteiger partial charge in [0.1, 0.15) is 0 Å². The molecular weight excluding hydrogens is 246 g/mol. The third-order valence-corrected chi connectivity index (χ3v) is 2.93. The fourth-order valence-electron chi connectivity index (χ4n) is 1.91. The maximum atomic E-state index is 12.1. The molecule has 5 heteroatoms. The van der Waals surface area contributed by atoms with E-state index < -0.39 is 5.97 Å². The molecule has 0 spiro atoms. The molecule has 0 heterocycles. The zero-order valence-electron chi connectivity index (χ0n) is 11.2. The van der Waals surface area contributed by atoms with Crippen molar-refractivity contribution in [3.05, 3.63) is 34.4 Å². The molecule has 0 saturated carbocycles. The number of hydrogen-bond donors (Lipinski definition) is 3. The Morgan fingerprint density at radius 1 is 1.11 bits per heavy atom. The first-order valence-corrected chi connectivity index (χ1v) is 6.21. The highest BCUT2D eigenvalue weighted by Gasteiger charge is 2.20. The predicted octanol–water partition coefficient (Wildman–Crippen LogP) is 1.50. The van der Waals surface area contributed by atoms with E-state index in [1.165, 1.54) is 0 Å². The van der Waals surface area contributed by atoms with Crippen LogP contribution >= 0.6 is 0 Å². The van der Waals surface area contributed by atoms with Gasteiger partial charge in [0.25, 0.3) is 5.91 Å². The van der Waals surface area contributed by atoms with Gasteiger partial charge in [-0.15, -0.1) is 0 Å². The van der Waals surface area contributed by atoms with E-state index in [0.717, 1.165) is 0 Å². The van der Waals surface area contributed by atoms with Gasteiger partial charge in [-0.25, -0.2) is 4.79 Å². The van der Waals surface area contributed by atoms with Crippen LogP contribution < -0.4 is 5.32 Å². The molecule has 1 amide bonds. The summed E-state index contributed by atoms with van der Waals surface area (Å²) in [6.07, 6.45) is 1.27. The van der Waals surface area contributed by atoms with Crippen molar-refractivity contribution in [2.45, 2.75) is 26.7 Å². The van der Waals surface area contributed by atoms with Crippen LogP contribution in [0.2, 0.25) is 0 Å². The number of aliphatic hydroxyl groups is 1. The Morgan fingerprint density at radius 3 is 2.21 bits per heavy atom. The number of aromatic carboxylic acids is 1. The molecule has 0 aliphatic carbocycles. The van der Waals surface area contributed by atoms with E-state index in [2.05, 4.69) is 5.32 Å². The van der Waals surface area contributed by atoms with Crippen molar-refractivity contribution < 1.29 is 19.8 Å². The monoisotopic (exact) mass is 265 g/mol. The molecule has 0 unspecified atom stereocenters. The number of rotatable bonds is 6. The number of amides is 1. The standard InChI is InChI=1S/C14H19NO4/c1-9-5-6-10(2)12(14(18)19)11(9)13(17)15-7-3-4-8-16/h5-6,16H,3-4,7-8H2,1-2H3,(H,15,17)(H,18,19). The van der Waals surface area contributed by atoms with Crippen LogP contribution in [0.15, 0.2) is 12.1 Å². The molecule has 19 heavy (non-hydrogen) atoms. The normalized spacial score (nSPS) is 10.3. The molecule has 5 nitrogen and oxygen atoms in total. The fourth-order valence-corrected chi connectivity index (χ4v) is 1.91. The van der Waals surface area contributed by atoms with Crippen molar-refractivity contribution in [3.8, 4) is 0 Å². The lowest BCUT2D eigenvalue weighted by atomic mass is 9.96. The van der Waals surface area contributed by atoms with Gasteiger partial charge < -0.3 is 15.5 Å².